The van der Waals surface area contributed by atoms with E-state index in [1.54, 1.807) is 0 Å². The molecule has 0 aliphatic heterocycles. The predicted octanol–water partition coefficient (Wildman–Crippen LogP) is 3.07. The Bertz CT molecular complexity index is 448. The molecule has 0 atom stereocenters. The zero-order valence-electron chi connectivity index (χ0n) is 9.46. The van der Waals surface area contributed by atoms with E-state index >= 15 is 0 Å². The molecule has 1 aromatic carbocycles. The molecule has 0 aromatic heterocycles. The Kier molecular flexibility index (Phi) is 4.45. The van der Waals surface area contributed by atoms with Gasteiger partial charge in [0.25, 0.3) is 5.91 Å². The standard InChI is InChI=1S/C11H11ClF3NO2/c1-2-16(6-11(13,14)15)10(18)7-3-4-9(17)8(12)5-7/h3-5,17H,2,6H2,1H3. The largest absolute Gasteiger partial charge is 0.506 e. The first-order valence-corrected chi connectivity index (χ1v) is 5.47. The highest BCUT2D eigenvalue weighted by Crippen LogP contribution is 2.25. The fourth-order valence-corrected chi connectivity index (χ4v) is 1.55. The van der Waals surface area contributed by atoms with Crippen LogP contribution in [0.5, 0.6) is 5.75 Å². The Morgan fingerprint density at radius 2 is 2.06 bits per heavy atom. The van der Waals surface area contributed by atoms with Crippen molar-refractivity contribution in [3.63, 3.8) is 0 Å². The average molecular weight is 282 g/mol. The first-order chi connectivity index (χ1) is 8.24. The molecule has 7 heteroatoms. The highest BCUT2D eigenvalue weighted by Gasteiger charge is 2.32. The van der Waals surface area contributed by atoms with Crippen LogP contribution in [-0.4, -0.2) is 35.2 Å². The van der Waals surface area contributed by atoms with Crippen LogP contribution in [0.15, 0.2) is 18.2 Å². The number of phenolic OH excluding ortho intramolecular Hbond substituents is 1. The number of amides is 1. The number of carbonyl (C=O) groups is 1. The topological polar surface area (TPSA) is 40.5 Å². The summed E-state index contributed by atoms with van der Waals surface area (Å²) in [5.74, 6) is -1.01. The van der Waals surface area contributed by atoms with Gasteiger partial charge in [-0.3, -0.25) is 4.79 Å². The maximum absolute atomic E-state index is 12.3. The van der Waals surface area contributed by atoms with Crippen LogP contribution in [0.25, 0.3) is 0 Å². The van der Waals surface area contributed by atoms with Crippen molar-refractivity contribution < 1.29 is 23.1 Å². The summed E-state index contributed by atoms with van der Waals surface area (Å²) in [5.41, 5.74) is 0.00361. The minimum absolute atomic E-state index is 0.00361. The third-order valence-electron chi connectivity index (χ3n) is 2.23. The summed E-state index contributed by atoms with van der Waals surface area (Å²) in [6, 6.07) is 3.53. The van der Waals surface area contributed by atoms with Crippen molar-refractivity contribution in [2.24, 2.45) is 0 Å². The van der Waals surface area contributed by atoms with Gasteiger partial charge in [-0.1, -0.05) is 11.6 Å². The normalized spacial score (nSPS) is 11.4. The van der Waals surface area contributed by atoms with Gasteiger partial charge in [-0.05, 0) is 25.1 Å². The molecule has 0 heterocycles. The van der Waals surface area contributed by atoms with Gasteiger partial charge in [0.05, 0.1) is 5.02 Å². The van der Waals surface area contributed by atoms with Crippen molar-refractivity contribution in [3.05, 3.63) is 28.8 Å². The molecule has 0 fully saturated rings. The summed E-state index contributed by atoms with van der Waals surface area (Å²) in [5, 5.41) is 9.09. The van der Waals surface area contributed by atoms with Crippen LogP contribution in [0.1, 0.15) is 17.3 Å². The lowest BCUT2D eigenvalue weighted by Gasteiger charge is -2.22. The Labute approximate surface area is 107 Å². The molecule has 1 aromatic rings. The van der Waals surface area contributed by atoms with Crippen molar-refractivity contribution in [1.29, 1.82) is 0 Å². The molecular formula is C11H11ClF3NO2. The van der Waals surface area contributed by atoms with Crippen LogP contribution in [0.3, 0.4) is 0 Å². The Balaban J connectivity index is 2.93. The number of aromatic hydroxyl groups is 1. The van der Waals surface area contributed by atoms with E-state index < -0.39 is 18.6 Å². The van der Waals surface area contributed by atoms with Gasteiger partial charge in [0, 0.05) is 12.1 Å². The Hall–Kier alpha value is -1.43. The molecule has 1 rings (SSSR count). The van der Waals surface area contributed by atoms with Gasteiger partial charge in [-0.25, -0.2) is 0 Å². The number of benzene rings is 1. The van der Waals surface area contributed by atoms with Crippen molar-refractivity contribution in [2.45, 2.75) is 13.1 Å². The predicted molar refractivity (Wildman–Crippen MR) is 60.7 cm³/mol. The molecule has 0 saturated heterocycles. The summed E-state index contributed by atoms with van der Waals surface area (Å²) < 4.78 is 36.8. The van der Waals surface area contributed by atoms with Crippen LogP contribution in [-0.2, 0) is 0 Å². The van der Waals surface area contributed by atoms with Gasteiger partial charge in [-0.15, -0.1) is 0 Å². The summed E-state index contributed by atoms with van der Waals surface area (Å²) in [6.45, 7) is 0.0589. The second-order valence-electron chi connectivity index (χ2n) is 3.60. The van der Waals surface area contributed by atoms with Gasteiger partial charge < -0.3 is 10.0 Å². The number of hydrogen-bond acceptors (Lipinski definition) is 2. The zero-order chi connectivity index (χ0) is 13.9. The van der Waals surface area contributed by atoms with Crippen LogP contribution < -0.4 is 0 Å². The number of nitrogens with zero attached hydrogens (tertiary/aromatic N) is 1. The molecule has 1 amide bonds. The maximum Gasteiger partial charge on any atom is 0.406 e. The number of phenols is 1. The van der Waals surface area contributed by atoms with Crippen LogP contribution >= 0.6 is 11.6 Å². The minimum atomic E-state index is -4.45. The van der Waals surface area contributed by atoms with E-state index in [2.05, 4.69) is 0 Å². The maximum atomic E-state index is 12.3. The first-order valence-electron chi connectivity index (χ1n) is 5.09. The van der Waals surface area contributed by atoms with Crippen LogP contribution in [0, 0.1) is 0 Å². The number of alkyl halides is 3. The van der Waals surface area contributed by atoms with E-state index in [0.717, 1.165) is 12.1 Å². The number of halogens is 4. The lowest BCUT2D eigenvalue weighted by atomic mass is 10.2. The molecule has 0 spiro atoms. The summed E-state index contributed by atoms with van der Waals surface area (Å²) >= 11 is 5.60. The Morgan fingerprint density at radius 3 is 2.50 bits per heavy atom. The fraction of sp³-hybridized carbons (Fsp3) is 0.364. The summed E-state index contributed by atoms with van der Waals surface area (Å²) in [4.78, 5) is 12.5. The van der Waals surface area contributed by atoms with Crippen LogP contribution in [0.2, 0.25) is 5.02 Å². The number of rotatable bonds is 3. The summed E-state index contributed by atoms with van der Waals surface area (Å²) in [7, 11) is 0. The van der Waals surface area contributed by atoms with Crippen LogP contribution in [0.4, 0.5) is 13.2 Å². The molecule has 0 radical (unpaired) electrons. The number of carbonyl (C=O) groups excluding carboxylic acids is 1. The molecule has 0 unspecified atom stereocenters. The smallest absolute Gasteiger partial charge is 0.406 e. The second kappa shape index (κ2) is 5.48. The first kappa shape index (κ1) is 14.6. The van der Waals surface area contributed by atoms with E-state index in [0.29, 0.717) is 4.90 Å². The van der Waals surface area contributed by atoms with Gasteiger partial charge in [0.15, 0.2) is 0 Å². The van der Waals surface area contributed by atoms with E-state index in [9.17, 15) is 23.1 Å². The highest BCUT2D eigenvalue weighted by molar-refractivity contribution is 6.32. The van der Waals surface area contributed by atoms with Gasteiger partial charge in [0.1, 0.15) is 12.3 Å². The quantitative estimate of drug-likeness (QED) is 0.925. The molecule has 0 aliphatic carbocycles. The van der Waals surface area contributed by atoms with Crippen molar-refractivity contribution in [2.75, 3.05) is 13.1 Å². The second-order valence-corrected chi connectivity index (χ2v) is 4.01. The lowest BCUT2D eigenvalue weighted by molar-refractivity contribution is -0.140. The Morgan fingerprint density at radius 1 is 1.44 bits per heavy atom. The van der Waals surface area contributed by atoms with Crippen molar-refractivity contribution in [3.8, 4) is 5.75 Å². The van der Waals surface area contributed by atoms with E-state index in [4.69, 9.17) is 11.6 Å². The zero-order valence-corrected chi connectivity index (χ0v) is 10.2. The molecule has 18 heavy (non-hydrogen) atoms. The molecule has 1 N–H and O–H groups in total. The minimum Gasteiger partial charge on any atom is -0.506 e. The highest BCUT2D eigenvalue weighted by atomic mass is 35.5. The van der Waals surface area contributed by atoms with E-state index in [1.165, 1.54) is 13.0 Å². The average Bonchev–Trinajstić information content (AvgIpc) is 2.27. The number of hydrogen-bond donors (Lipinski definition) is 1. The van der Waals surface area contributed by atoms with Gasteiger partial charge >= 0.3 is 6.18 Å². The van der Waals surface area contributed by atoms with Gasteiger partial charge in [-0.2, -0.15) is 13.2 Å². The monoisotopic (exact) mass is 281 g/mol. The molecule has 0 saturated carbocycles. The molecule has 100 valence electrons. The molecular weight excluding hydrogens is 271 g/mol. The molecule has 0 bridgehead atoms. The lowest BCUT2D eigenvalue weighted by Crippen LogP contribution is -2.38. The van der Waals surface area contributed by atoms with Crippen molar-refractivity contribution >= 4 is 17.5 Å². The van der Waals surface area contributed by atoms with E-state index in [-0.39, 0.29) is 22.9 Å². The third kappa shape index (κ3) is 3.80. The van der Waals surface area contributed by atoms with Gasteiger partial charge in [0.2, 0.25) is 0 Å². The van der Waals surface area contributed by atoms with E-state index in [1.807, 2.05) is 0 Å². The molecule has 0 aliphatic rings. The summed E-state index contributed by atoms with van der Waals surface area (Å²) in [6.07, 6.45) is -4.45. The molecule has 3 nitrogen and oxygen atoms in total. The third-order valence-corrected chi connectivity index (χ3v) is 2.54. The van der Waals surface area contributed by atoms with Crippen molar-refractivity contribution in [1.82, 2.24) is 4.90 Å². The fourth-order valence-electron chi connectivity index (χ4n) is 1.37. The SMILES string of the molecule is CCN(CC(F)(F)F)C(=O)c1ccc(O)c(Cl)c1.